The first-order valence-electron chi connectivity index (χ1n) is 7.06. The van der Waals surface area contributed by atoms with Crippen molar-refractivity contribution in [2.24, 2.45) is 0 Å². The van der Waals surface area contributed by atoms with Crippen LogP contribution >= 0.6 is 0 Å². The van der Waals surface area contributed by atoms with Gasteiger partial charge in [-0.15, -0.1) is 0 Å². The van der Waals surface area contributed by atoms with Gasteiger partial charge >= 0.3 is 0 Å². The summed E-state index contributed by atoms with van der Waals surface area (Å²) in [6.45, 7) is 9.53. The van der Waals surface area contributed by atoms with Gasteiger partial charge in [0, 0.05) is 30.6 Å². The Hall–Kier alpha value is -2.43. The third kappa shape index (κ3) is 4.02. The third-order valence-electron chi connectivity index (χ3n) is 2.89. The van der Waals surface area contributed by atoms with E-state index in [0.29, 0.717) is 19.8 Å². The predicted octanol–water partition coefficient (Wildman–Crippen LogP) is 3.39. The van der Waals surface area contributed by atoms with E-state index < -0.39 is 0 Å². The standard InChI is InChI=1S/C16H21N3O2/c1-4-19-12-13(11-18-19)10-17-15-9-14(20-5-2)7-8-16(15)21-6-3/h4,7-9,11-12,17H,1,5-6,10H2,2-3H3. The van der Waals surface area contributed by atoms with Gasteiger partial charge < -0.3 is 14.8 Å². The summed E-state index contributed by atoms with van der Waals surface area (Å²) in [5.41, 5.74) is 1.98. The maximum absolute atomic E-state index is 5.63. The maximum atomic E-state index is 5.63. The van der Waals surface area contributed by atoms with Gasteiger partial charge in [0.15, 0.2) is 0 Å². The van der Waals surface area contributed by atoms with Crippen LogP contribution in [0.4, 0.5) is 5.69 Å². The smallest absolute Gasteiger partial charge is 0.142 e. The summed E-state index contributed by atoms with van der Waals surface area (Å²) in [5.74, 6) is 1.64. The van der Waals surface area contributed by atoms with E-state index in [1.54, 1.807) is 17.1 Å². The van der Waals surface area contributed by atoms with Crippen LogP contribution in [0.25, 0.3) is 6.20 Å². The molecule has 0 saturated heterocycles. The van der Waals surface area contributed by atoms with Crippen molar-refractivity contribution in [2.75, 3.05) is 18.5 Å². The minimum atomic E-state index is 0.622. The molecule has 0 aliphatic rings. The Morgan fingerprint density at radius 1 is 1.29 bits per heavy atom. The number of anilines is 1. The van der Waals surface area contributed by atoms with E-state index in [-0.39, 0.29) is 0 Å². The second kappa shape index (κ2) is 7.38. The zero-order valence-corrected chi connectivity index (χ0v) is 12.5. The molecule has 0 aliphatic carbocycles. The summed E-state index contributed by atoms with van der Waals surface area (Å²) in [7, 11) is 0. The van der Waals surface area contributed by atoms with Crippen molar-refractivity contribution in [1.82, 2.24) is 9.78 Å². The Bertz CT molecular complexity index is 593. The Kier molecular flexibility index (Phi) is 5.26. The summed E-state index contributed by atoms with van der Waals surface area (Å²) in [4.78, 5) is 0. The lowest BCUT2D eigenvalue weighted by Crippen LogP contribution is -2.03. The topological polar surface area (TPSA) is 48.3 Å². The molecule has 1 aromatic carbocycles. The molecule has 2 rings (SSSR count). The Morgan fingerprint density at radius 3 is 2.76 bits per heavy atom. The Morgan fingerprint density at radius 2 is 2.10 bits per heavy atom. The zero-order valence-electron chi connectivity index (χ0n) is 12.5. The SMILES string of the molecule is C=Cn1cc(CNc2cc(OCC)ccc2OCC)cn1. The highest BCUT2D eigenvalue weighted by molar-refractivity contribution is 5.60. The van der Waals surface area contributed by atoms with Crippen molar-refractivity contribution in [1.29, 1.82) is 0 Å². The molecule has 1 N–H and O–H groups in total. The van der Waals surface area contributed by atoms with Gasteiger partial charge in [-0.3, -0.25) is 0 Å². The molecule has 0 unspecified atom stereocenters. The van der Waals surface area contributed by atoms with Gasteiger partial charge in [0.2, 0.25) is 0 Å². The third-order valence-corrected chi connectivity index (χ3v) is 2.89. The Balaban J connectivity index is 2.11. The van der Waals surface area contributed by atoms with Crippen LogP contribution in [0.15, 0.2) is 37.2 Å². The summed E-state index contributed by atoms with van der Waals surface area (Å²) in [5, 5.41) is 7.51. The van der Waals surface area contributed by atoms with E-state index in [2.05, 4.69) is 17.0 Å². The molecular weight excluding hydrogens is 266 g/mol. The number of benzene rings is 1. The second-order valence-electron chi connectivity index (χ2n) is 4.39. The first kappa shape index (κ1) is 15.0. The van der Waals surface area contributed by atoms with Crippen LogP contribution in [0.5, 0.6) is 11.5 Å². The molecule has 0 bridgehead atoms. The lowest BCUT2D eigenvalue weighted by Gasteiger charge is -2.13. The van der Waals surface area contributed by atoms with Crippen molar-refractivity contribution in [3.8, 4) is 11.5 Å². The largest absolute Gasteiger partial charge is 0.494 e. The summed E-state index contributed by atoms with van der Waals surface area (Å²) in [6.07, 6.45) is 5.39. The number of rotatable bonds is 8. The highest BCUT2D eigenvalue weighted by Gasteiger charge is 2.06. The number of aromatic nitrogens is 2. The Labute approximate surface area is 125 Å². The molecule has 0 fully saturated rings. The lowest BCUT2D eigenvalue weighted by molar-refractivity contribution is 0.332. The van der Waals surface area contributed by atoms with Gasteiger partial charge in [-0.2, -0.15) is 5.10 Å². The van der Waals surface area contributed by atoms with E-state index in [1.807, 2.05) is 38.2 Å². The highest BCUT2D eigenvalue weighted by Crippen LogP contribution is 2.29. The fourth-order valence-electron chi connectivity index (χ4n) is 1.95. The van der Waals surface area contributed by atoms with Gasteiger partial charge in [0.1, 0.15) is 11.5 Å². The van der Waals surface area contributed by atoms with Gasteiger partial charge in [0.05, 0.1) is 25.1 Å². The molecule has 0 radical (unpaired) electrons. The molecule has 0 spiro atoms. The molecule has 0 saturated carbocycles. The van der Waals surface area contributed by atoms with Crippen molar-refractivity contribution in [3.05, 3.63) is 42.7 Å². The van der Waals surface area contributed by atoms with E-state index in [4.69, 9.17) is 9.47 Å². The highest BCUT2D eigenvalue weighted by atomic mass is 16.5. The monoisotopic (exact) mass is 287 g/mol. The molecule has 1 heterocycles. The molecule has 21 heavy (non-hydrogen) atoms. The average Bonchev–Trinajstić information content (AvgIpc) is 2.96. The summed E-state index contributed by atoms with van der Waals surface area (Å²) in [6, 6.07) is 5.78. The van der Waals surface area contributed by atoms with Gasteiger partial charge in [-0.1, -0.05) is 6.58 Å². The summed E-state index contributed by atoms with van der Waals surface area (Å²) < 4.78 is 12.8. The molecule has 2 aromatic rings. The minimum Gasteiger partial charge on any atom is -0.494 e. The number of hydrogen-bond acceptors (Lipinski definition) is 4. The van der Waals surface area contributed by atoms with E-state index in [1.165, 1.54) is 0 Å². The quantitative estimate of drug-likeness (QED) is 0.808. The fraction of sp³-hybridized carbons (Fsp3) is 0.312. The van der Waals surface area contributed by atoms with Crippen LogP contribution in [0.1, 0.15) is 19.4 Å². The van der Waals surface area contributed by atoms with Crippen LogP contribution in [0, 0.1) is 0 Å². The molecule has 0 aliphatic heterocycles. The average molecular weight is 287 g/mol. The van der Waals surface area contributed by atoms with Gasteiger partial charge in [-0.05, 0) is 26.0 Å². The molecule has 5 heteroatoms. The van der Waals surface area contributed by atoms with Crippen molar-refractivity contribution in [3.63, 3.8) is 0 Å². The number of ether oxygens (including phenoxy) is 2. The van der Waals surface area contributed by atoms with Crippen molar-refractivity contribution in [2.45, 2.75) is 20.4 Å². The van der Waals surface area contributed by atoms with Crippen LogP contribution < -0.4 is 14.8 Å². The maximum Gasteiger partial charge on any atom is 0.142 e. The summed E-state index contributed by atoms with van der Waals surface area (Å²) >= 11 is 0. The van der Waals surface area contributed by atoms with Crippen LogP contribution in [-0.2, 0) is 6.54 Å². The van der Waals surface area contributed by atoms with Crippen LogP contribution in [0.2, 0.25) is 0 Å². The molecule has 0 amide bonds. The van der Waals surface area contributed by atoms with Gasteiger partial charge in [-0.25, -0.2) is 4.68 Å². The number of nitrogens with zero attached hydrogens (tertiary/aromatic N) is 2. The normalized spacial score (nSPS) is 10.2. The van der Waals surface area contributed by atoms with Crippen LogP contribution in [0.3, 0.4) is 0 Å². The first-order chi connectivity index (χ1) is 10.3. The fourth-order valence-corrected chi connectivity index (χ4v) is 1.95. The molecule has 112 valence electrons. The second-order valence-corrected chi connectivity index (χ2v) is 4.39. The van der Waals surface area contributed by atoms with Crippen molar-refractivity contribution < 1.29 is 9.47 Å². The van der Waals surface area contributed by atoms with E-state index >= 15 is 0 Å². The van der Waals surface area contributed by atoms with Gasteiger partial charge in [0.25, 0.3) is 0 Å². The number of hydrogen-bond donors (Lipinski definition) is 1. The molecular formula is C16H21N3O2. The lowest BCUT2D eigenvalue weighted by atomic mass is 10.2. The molecule has 1 aromatic heterocycles. The predicted molar refractivity (Wildman–Crippen MR) is 84.7 cm³/mol. The van der Waals surface area contributed by atoms with Crippen molar-refractivity contribution >= 4 is 11.9 Å². The zero-order chi connectivity index (χ0) is 15.1. The minimum absolute atomic E-state index is 0.622. The molecule has 0 atom stereocenters. The first-order valence-corrected chi connectivity index (χ1v) is 7.06. The number of nitrogens with one attached hydrogen (secondary N) is 1. The van der Waals surface area contributed by atoms with Crippen LogP contribution in [-0.4, -0.2) is 23.0 Å². The van der Waals surface area contributed by atoms with E-state index in [9.17, 15) is 0 Å². The molecule has 5 nitrogen and oxygen atoms in total. The van der Waals surface area contributed by atoms with E-state index in [0.717, 1.165) is 22.7 Å².